The Kier molecular flexibility index (Phi) is 7.07. The molecular formula is C30H38N4O4. The molecule has 38 heavy (non-hydrogen) atoms. The van der Waals surface area contributed by atoms with Crippen LogP contribution in [0, 0.1) is 0 Å². The van der Waals surface area contributed by atoms with Crippen LogP contribution >= 0.6 is 0 Å². The highest BCUT2D eigenvalue weighted by Gasteiger charge is 2.34. The first kappa shape index (κ1) is 26.1. The number of hydrogen-bond donors (Lipinski definition) is 0. The van der Waals surface area contributed by atoms with Crippen LogP contribution in [0.25, 0.3) is 11.0 Å². The third-order valence-electron chi connectivity index (χ3n) is 7.52. The van der Waals surface area contributed by atoms with E-state index < -0.39 is 5.60 Å². The number of anilines is 1. The number of likely N-dealkylation sites (tertiary alicyclic amines) is 1. The topological polar surface area (TPSA) is 76.9 Å². The van der Waals surface area contributed by atoms with Crippen molar-refractivity contribution in [3.05, 3.63) is 59.4 Å². The number of carbonyl (C=O) groups is 2. The van der Waals surface area contributed by atoms with Crippen LogP contribution in [-0.2, 0) is 22.3 Å². The maximum atomic E-state index is 12.9. The van der Waals surface area contributed by atoms with E-state index in [2.05, 4.69) is 29.7 Å². The lowest BCUT2D eigenvalue weighted by Gasteiger charge is -2.36. The van der Waals surface area contributed by atoms with Crippen LogP contribution in [-0.4, -0.2) is 58.5 Å². The molecule has 0 unspecified atom stereocenters. The van der Waals surface area contributed by atoms with Gasteiger partial charge in [-0.25, -0.2) is 14.6 Å². The molecule has 0 saturated carbocycles. The summed E-state index contributed by atoms with van der Waals surface area (Å²) in [5, 5.41) is 0. The van der Waals surface area contributed by atoms with Gasteiger partial charge in [-0.2, -0.15) is 0 Å². The van der Waals surface area contributed by atoms with Crippen molar-refractivity contribution in [2.75, 3.05) is 25.1 Å². The zero-order valence-corrected chi connectivity index (χ0v) is 23.1. The molecule has 1 aromatic heterocycles. The molecule has 3 heterocycles. The molecule has 2 amide bonds. The second-order valence-electron chi connectivity index (χ2n) is 11.4. The summed E-state index contributed by atoms with van der Waals surface area (Å²) in [4.78, 5) is 34.4. The number of benzene rings is 2. The maximum Gasteiger partial charge on any atom is 0.414 e. The smallest absolute Gasteiger partial charge is 0.414 e. The average Bonchev–Trinajstić information content (AvgIpc) is 3.26. The molecule has 202 valence electrons. The van der Waals surface area contributed by atoms with E-state index in [4.69, 9.17) is 14.5 Å². The minimum Gasteiger partial charge on any atom is -0.452 e. The normalized spacial score (nSPS) is 19.8. The van der Waals surface area contributed by atoms with Gasteiger partial charge < -0.3 is 18.9 Å². The third-order valence-corrected chi connectivity index (χ3v) is 7.52. The number of piperidine rings is 1. The molecule has 2 aliphatic heterocycles. The number of ether oxygens (including phenoxy) is 2. The molecule has 2 aliphatic rings. The van der Waals surface area contributed by atoms with Crippen molar-refractivity contribution < 1.29 is 19.1 Å². The van der Waals surface area contributed by atoms with Gasteiger partial charge in [0.2, 0.25) is 0 Å². The van der Waals surface area contributed by atoms with E-state index in [1.807, 2.05) is 49.9 Å². The summed E-state index contributed by atoms with van der Waals surface area (Å²) < 4.78 is 13.1. The van der Waals surface area contributed by atoms with Crippen molar-refractivity contribution in [1.82, 2.24) is 14.5 Å². The Labute approximate surface area is 224 Å². The van der Waals surface area contributed by atoms with Crippen LogP contribution in [0.5, 0.6) is 0 Å². The van der Waals surface area contributed by atoms with Crippen LogP contribution in [0.1, 0.15) is 70.0 Å². The number of aryl methyl sites for hydroxylation is 1. The SMILES string of the molecule is COC(=O)N1c2ccc3c(nc(Cc4ccccc4)n3[C@@H]3CCCN(C(=O)OC(C)(C)C)C3)c2CC[C@@H]1C. The number of rotatable bonds is 3. The fraction of sp³-hybridized carbons (Fsp3) is 0.500. The number of methoxy groups -OCH3 is 1. The second kappa shape index (κ2) is 10.3. The van der Waals surface area contributed by atoms with Gasteiger partial charge in [0.15, 0.2) is 0 Å². The monoisotopic (exact) mass is 518 g/mol. The molecule has 3 aromatic rings. The molecule has 8 nitrogen and oxygen atoms in total. The molecule has 0 N–H and O–H groups in total. The molecule has 0 radical (unpaired) electrons. The standard InChI is InChI=1S/C30H38N4O4/c1-20-13-14-23-24(33(20)29(36)37-5)15-16-25-27(23)31-26(18-21-10-7-6-8-11-21)34(25)22-12-9-17-32(19-22)28(35)38-30(2,3)4/h6-8,10-11,15-16,20,22H,9,12-14,17-19H2,1-5H3/t20-,22+/m0/s1. The summed E-state index contributed by atoms with van der Waals surface area (Å²) in [5.74, 6) is 0.971. The lowest BCUT2D eigenvalue weighted by atomic mass is 9.95. The van der Waals surface area contributed by atoms with Gasteiger partial charge in [-0.05, 0) is 71.1 Å². The number of amides is 2. The molecule has 2 aromatic carbocycles. The molecule has 8 heteroatoms. The van der Waals surface area contributed by atoms with Gasteiger partial charge in [-0.3, -0.25) is 4.90 Å². The van der Waals surface area contributed by atoms with Gasteiger partial charge in [-0.1, -0.05) is 30.3 Å². The fourth-order valence-corrected chi connectivity index (χ4v) is 5.79. The predicted molar refractivity (Wildman–Crippen MR) is 148 cm³/mol. The van der Waals surface area contributed by atoms with E-state index in [0.29, 0.717) is 19.5 Å². The van der Waals surface area contributed by atoms with Crippen LogP contribution in [0.3, 0.4) is 0 Å². The maximum absolute atomic E-state index is 12.9. The molecule has 2 atom stereocenters. The highest BCUT2D eigenvalue weighted by atomic mass is 16.6. The summed E-state index contributed by atoms with van der Waals surface area (Å²) in [6.45, 7) is 9.01. The molecule has 0 spiro atoms. The van der Waals surface area contributed by atoms with Crippen molar-refractivity contribution in [2.24, 2.45) is 0 Å². The largest absolute Gasteiger partial charge is 0.452 e. The quantitative estimate of drug-likeness (QED) is 0.418. The molecule has 1 fully saturated rings. The summed E-state index contributed by atoms with van der Waals surface area (Å²) in [7, 11) is 1.42. The van der Waals surface area contributed by atoms with Gasteiger partial charge >= 0.3 is 12.2 Å². The minimum absolute atomic E-state index is 0.0546. The number of imidazole rings is 1. The lowest BCUT2D eigenvalue weighted by Crippen LogP contribution is -2.43. The Balaban J connectivity index is 1.58. The highest BCUT2D eigenvalue weighted by molar-refractivity contribution is 5.95. The first-order chi connectivity index (χ1) is 18.2. The Hall–Kier alpha value is -3.55. The zero-order valence-electron chi connectivity index (χ0n) is 23.1. The lowest BCUT2D eigenvalue weighted by molar-refractivity contribution is 0.0173. The van der Waals surface area contributed by atoms with Crippen molar-refractivity contribution >= 4 is 28.9 Å². The Morgan fingerprint density at radius 1 is 1.05 bits per heavy atom. The van der Waals surface area contributed by atoms with Crippen molar-refractivity contribution in [3.63, 3.8) is 0 Å². The Bertz CT molecular complexity index is 1330. The van der Waals surface area contributed by atoms with E-state index in [0.717, 1.165) is 53.8 Å². The number of hydrogen-bond acceptors (Lipinski definition) is 5. The van der Waals surface area contributed by atoms with Gasteiger partial charge in [-0.15, -0.1) is 0 Å². The number of fused-ring (bicyclic) bond motifs is 3. The van der Waals surface area contributed by atoms with Crippen LogP contribution in [0.4, 0.5) is 15.3 Å². The molecule has 5 rings (SSSR count). The molecule has 0 bridgehead atoms. The predicted octanol–water partition coefficient (Wildman–Crippen LogP) is 6.11. The summed E-state index contributed by atoms with van der Waals surface area (Å²) >= 11 is 0. The van der Waals surface area contributed by atoms with E-state index in [1.165, 1.54) is 12.7 Å². The van der Waals surface area contributed by atoms with E-state index in [9.17, 15) is 9.59 Å². The van der Waals surface area contributed by atoms with Crippen LogP contribution in [0.2, 0.25) is 0 Å². The zero-order chi connectivity index (χ0) is 27.0. The molecule has 0 aliphatic carbocycles. The second-order valence-corrected chi connectivity index (χ2v) is 11.4. The third kappa shape index (κ3) is 5.08. The van der Waals surface area contributed by atoms with E-state index in [1.54, 1.807) is 4.90 Å². The minimum atomic E-state index is -0.536. The molecule has 1 saturated heterocycles. The van der Waals surface area contributed by atoms with Crippen LogP contribution in [0.15, 0.2) is 42.5 Å². The number of nitrogens with zero attached hydrogens (tertiary/aromatic N) is 4. The highest BCUT2D eigenvalue weighted by Crippen LogP contribution is 2.38. The summed E-state index contributed by atoms with van der Waals surface area (Å²) in [6.07, 6.45) is 3.61. The van der Waals surface area contributed by atoms with E-state index in [-0.39, 0.29) is 24.3 Å². The van der Waals surface area contributed by atoms with Crippen molar-refractivity contribution in [2.45, 2.75) is 77.5 Å². The molecular weight excluding hydrogens is 480 g/mol. The Morgan fingerprint density at radius 2 is 1.82 bits per heavy atom. The number of aromatic nitrogens is 2. The van der Waals surface area contributed by atoms with Crippen molar-refractivity contribution in [1.29, 1.82) is 0 Å². The van der Waals surface area contributed by atoms with Gasteiger partial charge in [0.25, 0.3) is 0 Å². The van der Waals surface area contributed by atoms with Crippen LogP contribution < -0.4 is 4.90 Å². The fourth-order valence-electron chi connectivity index (χ4n) is 5.79. The van der Waals surface area contributed by atoms with Crippen molar-refractivity contribution in [3.8, 4) is 0 Å². The number of carbonyl (C=O) groups excluding carboxylic acids is 2. The first-order valence-electron chi connectivity index (χ1n) is 13.6. The Morgan fingerprint density at radius 3 is 2.53 bits per heavy atom. The average molecular weight is 519 g/mol. The summed E-state index contributed by atoms with van der Waals surface area (Å²) in [6, 6.07) is 14.6. The van der Waals surface area contributed by atoms with Gasteiger partial charge in [0, 0.05) is 31.1 Å². The van der Waals surface area contributed by atoms with E-state index >= 15 is 0 Å². The first-order valence-corrected chi connectivity index (χ1v) is 13.6. The summed E-state index contributed by atoms with van der Waals surface area (Å²) in [5.41, 5.74) is 4.58. The van der Waals surface area contributed by atoms with Gasteiger partial charge in [0.1, 0.15) is 11.4 Å². The van der Waals surface area contributed by atoms with Gasteiger partial charge in [0.05, 0.1) is 29.9 Å².